The highest BCUT2D eigenvalue weighted by atomic mass is 16.4. The summed E-state index contributed by atoms with van der Waals surface area (Å²) in [4.78, 5) is 11.9. The van der Waals surface area contributed by atoms with Crippen molar-refractivity contribution in [1.82, 2.24) is 4.57 Å². The average molecular weight is 271 g/mol. The summed E-state index contributed by atoms with van der Waals surface area (Å²) in [6.07, 6.45) is 0. The van der Waals surface area contributed by atoms with E-state index in [1.54, 1.807) is 6.07 Å². The van der Waals surface area contributed by atoms with Gasteiger partial charge in [-0.25, -0.2) is 4.79 Å². The molecule has 0 saturated heterocycles. The molecule has 0 fully saturated rings. The van der Waals surface area contributed by atoms with Gasteiger partial charge in [0.25, 0.3) is 0 Å². The molecule has 1 heterocycles. The lowest BCUT2D eigenvalue weighted by atomic mass is 10.1. The van der Waals surface area contributed by atoms with Crippen LogP contribution in [0.25, 0.3) is 11.1 Å². The summed E-state index contributed by atoms with van der Waals surface area (Å²) < 4.78 is 6.59. The van der Waals surface area contributed by atoms with Crippen LogP contribution in [0.2, 0.25) is 0 Å². The normalized spacial score (nSPS) is 11.1. The summed E-state index contributed by atoms with van der Waals surface area (Å²) in [5.74, 6) is -0.431. The van der Waals surface area contributed by atoms with Crippen LogP contribution in [-0.4, -0.2) is 14.8 Å². The molecule has 5 nitrogen and oxygen atoms in total. The van der Waals surface area contributed by atoms with Crippen molar-refractivity contribution in [2.75, 3.05) is 0 Å². The minimum absolute atomic E-state index is 0.0247. The van der Waals surface area contributed by atoms with E-state index in [-0.39, 0.29) is 18.0 Å². The Bertz CT molecular complexity index is 845. The summed E-state index contributed by atoms with van der Waals surface area (Å²) in [6, 6.07) is 9.66. The van der Waals surface area contributed by atoms with Gasteiger partial charge in [-0.1, -0.05) is 6.07 Å². The average Bonchev–Trinajstić information content (AvgIpc) is 2.70. The molecule has 0 amide bonds. The number of nitrogens with zero attached hydrogens (tertiary/aromatic N) is 1. The van der Waals surface area contributed by atoms with Crippen LogP contribution in [-0.2, 0) is 6.54 Å². The molecule has 0 spiro atoms. The second-order valence-electron chi connectivity index (χ2n) is 4.74. The molecule has 0 atom stereocenters. The van der Waals surface area contributed by atoms with Gasteiger partial charge in [-0.05, 0) is 42.8 Å². The molecule has 2 aromatic carbocycles. The third-order valence-corrected chi connectivity index (χ3v) is 3.21. The zero-order chi connectivity index (χ0) is 14.3. The topological polar surface area (TPSA) is 75.6 Å². The maximum Gasteiger partial charge on any atom is 0.420 e. The van der Waals surface area contributed by atoms with Crippen LogP contribution in [0.15, 0.2) is 45.6 Å². The molecule has 1 aromatic heterocycles. The number of rotatable bonds is 2. The molecule has 0 bridgehead atoms. The van der Waals surface area contributed by atoms with E-state index in [1.807, 2.05) is 19.1 Å². The Morgan fingerprint density at radius 3 is 2.75 bits per heavy atom. The predicted molar refractivity (Wildman–Crippen MR) is 74.1 cm³/mol. The van der Waals surface area contributed by atoms with Gasteiger partial charge in [0, 0.05) is 5.56 Å². The van der Waals surface area contributed by atoms with Crippen molar-refractivity contribution in [2.24, 2.45) is 0 Å². The zero-order valence-corrected chi connectivity index (χ0v) is 10.8. The molecule has 0 aliphatic carbocycles. The number of phenolic OH excluding ortho intramolecular Hbond substituents is 2. The molecule has 3 aromatic rings. The van der Waals surface area contributed by atoms with Crippen LogP contribution >= 0.6 is 0 Å². The molecular weight excluding hydrogens is 258 g/mol. The van der Waals surface area contributed by atoms with Gasteiger partial charge in [-0.15, -0.1) is 0 Å². The van der Waals surface area contributed by atoms with E-state index in [2.05, 4.69) is 0 Å². The van der Waals surface area contributed by atoms with Crippen molar-refractivity contribution >= 4 is 11.1 Å². The van der Waals surface area contributed by atoms with E-state index in [9.17, 15) is 15.0 Å². The van der Waals surface area contributed by atoms with Crippen molar-refractivity contribution in [3.8, 4) is 11.5 Å². The summed E-state index contributed by atoms with van der Waals surface area (Å²) in [7, 11) is 0. The molecule has 5 heteroatoms. The van der Waals surface area contributed by atoms with Crippen LogP contribution in [0, 0.1) is 6.92 Å². The smallest absolute Gasteiger partial charge is 0.420 e. The first-order chi connectivity index (χ1) is 9.54. The first kappa shape index (κ1) is 12.3. The van der Waals surface area contributed by atoms with E-state index >= 15 is 0 Å². The van der Waals surface area contributed by atoms with Gasteiger partial charge in [0.2, 0.25) is 0 Å². The lowest BCUT2D eigenvalue weighted by Gasteiger charge is -2.06. The number of aromatic nitrogens is 1. The standard InChI is InChI=1S/C15H13NO4/c1-9-2-5-14-12(6-9)16(15(19)20-14)8-10-7-11(17)3-4-13(10)18/h2-7,17-18H,8H2,1H3. The lowest BCUT2D eigenvalue weighted by Crippen LogP contribution is -2.14. The van der Waals surface area contributed by atoms with Gasteiger partial charge >= 0.3 is 5.76 Å². The highest BCUT2D eigenvalue weighted by Crippen LogP contribution is 2.24. The summed E-state index contributed by atoms with van der Waals surface area (Å²) in [5.41, 5.74) is 2.63. The monoisotopic (exact) mass is 271 g/mol. The van der Waals surface area contributed by atoms with Gasteiger partial charge in [-0.3, -0.25) is 4.57 Å². The molecule has 3 rings (SSSR count). The number of phenols is 2. The van der Waals surface area contributed by atoms with Crippen molar-refractivity contribution in [1.29, 1.82) is 0 Å². The molecule has 0 aliphatic rings. The molecule has 20 heavy (non-hydrogen) atoms. The maximum absolute atomic E-state index is 11.9. The van der Waals surface area contributed by atoms with Crippen LogP contribution < -0.4 is 5.76 Å². The van der Waals surface area contributed by atoms with E-state index in [0.717, 1.165) is 5.56 Å². The molecule has 2 N–H and O–H groups in total. The highest BCUT2D eigenvalue weighted by Gasteiger charge is 2.12. The van der Waals surface area contributed by atoms with Crippen molar-refractivity contribution < 1.29 is 14.6 Å². The Morgan fingerprint density at radius 2 is 1.95 bits per heavy atom. The molecule has 0 unspecified atom stereocenters. The molecule has 0 aliphatic heterocycles. The SMILES string of the molecule is Cc1ccc2oc(=O)n(Cc3cc(O)ccc3O)c2c1. The minimum Gasteiger partial charge on any atom is -0.508 e. The fraction of sp³-hybridized carbons (Fsp3) is 0.133. The van der Waals surface area contributed by atoms with Gasteiger partial charge in [-0.2, -0.15) is 0 Å². The highest BCUT2D eigenvalue weighted by molar-refractivity contribution is 5.73. The second-order valence-corrected chi connectivity index (χ2v) is 4.74. The summed E-state index contributed by atoms with van der Waals surface area (Å²) in [6.45, 7) is 2.06. The second kappa shape index (κ2) is 4.45. The molecule has 0 saturated carbocycles. The van der Waals surface area contributed by atoms with Crippen LogP contribution in [0.5, 0.6) is 11.5 Å². The first-order valence-electron chi connectivity index (χ1n) is 6.15. The number of hydrogen-bond acceptors (Lipinski definition) is 4. The van der Waals surface area contributed by atoms with Crippen LogP contribution in [0.4, 0.5) is 0 Å². The Balaban J connectivity index is 2.15. The molecular formula is C15H13NO4. The Kier molecular flexibility index (Phi) is 2.75. The predicted octanol–water partition coefficient (Wildman–Crippen LogP) is 2.36. The van der Waals surface area contributed by atoms with Crippen LogP contribution in [0.3, 0.4) is 0 Å². The Morgan fingerprint density at radius 1 is 1.15 bits per heavy atom. The van der Waals surface area contributed by atoms with Gasteiger partial charge in [0.15, 0.2) is 5.58 Å². The van der Waals surface area contributed by atoms with Crippen molar-refractivity contribution in [2.45, 2.75) is 13.5 Å². The lowest BCUT2D eigenvalue weighted by molar-refractivity contribution is 0.449. The molecule has 102 valence electrons. The van der Waals surface area contributed by atoms with Crippen LogP contribution in [0.1, 0.15) is 11.1 Å². The fourth-order valence-electron chi connectivity index (χ4n) is 2.19. The fourth-order valence-corrected chi connectivity index (χ4v) is 2.19. The Labute approximate surface area is 114 Å². The largest absolute Gasteiger partial charge is 0.508 e. The maximum atomic E-state index is 11.9. The van der Waals surface area contributed by atoms with Crippen molar-refractivity contribution in [3.63, 3.8) is 0 Å². The van der Waals surface area contributed by atoms with E-state index in [0.29, 0.717) is 16.7 Å². The number of benzene rings is 2. The number of fused-ring (bicyclic) bond motifs is 1. The van der Waals surface area contributed by atoms with Gasteiger partial charge < -0.3 is 14.6 Å². The van der Waals surface area contributed by atoms with Crippen molar-refractivity contribution in [3.05, 3.63) is 58.1 Å². The number of oxazole rings is 1. The van der Waals surface area contributed by atoms with E-state index in [4.69, 9.17) is 4.42 Å². The Hall–Kier alpha value is -2.69. The third kappa shape index (κ3) is 2.03. The quantitative estimate of drug-likeness (QED) is 0.701. The third-order valence-electron chi connectivity index (χ3n) is 3.21. The minimum atomic E-state index is -0.492. The van der Waals surface area contributed by atoms with E-state index in [1.165, 1.54) is 22.8 Å². The number of aryl methyl sites for hydroxylation is 1. The zero-order valence-electron chi connectivity index (χ0n) is 10.8. The van der Waals surface area contributed by atoms with Gasteiger partial charge in [0.1, 0.15) is 11.5 Å². The summed E-state index contributed by atoms with van der Waals surface area (Å²) >= 11 is 0. The number of hydrogen-bond donors (Lipinski definition) is 2. The van der Waals surface area contributed by atoms with Gasteiger partial charge in [0.05, 0.1) is 12.1 Å². The first-order valence-corrected chi connectivity index (χ1v) is 6.15. The van der Waals surface area contributed by atoms with E-state index < -0.39 is 5.76 Å². The summed E-state index contributed by atoms with van der Waals surface area (Å²) in [5, 5.41) is 19.3. The molecule has 0 radical (unpaired) electrons. The number of aromatic hydroxyl groups is 2.